The summed E-state index contributed by atoms with van der Waals surface area (Å²) in [7, 11) is 0. The zero-order valence-corrected chi connectivity index (χ0v) is 14.9. The first-order chi connectivity index (χ1) is 11.3. The Labute approximate surface area is 144 Å². The normalized spacial score (nSPS) is 11.2. The summed E-state index contributed by atoms with van der Waals surface area (Å²) in [6, 6.07) is 11.6. The summed E-state index contributed by atoms with van der Waals surface area (Å²) in [5, 5.41) is 3.03. The molecule has 5 heteroatoms. The van der Waals surface area contributed by atoms with Crippen molar-refractivity contribution < 1.29 is 4.79 Å². The van der Waals surface area contributed by atoms with Crippen molar-refractivity contribution in [3.63, 3.8) is 0 Å². The molecule has 24 heavy (non-hydrogen) atoms. The molecule has 2 amide bonds. The molecule has 5 nitrogen and oxygen atoms in total. The Morgan fingerprint density at radius 1 is 1.12 bits per heavy atom. The van der Waals surface area contributed by atoms with Gasteiger partial charge in [0.05, 0.1) is 12.2 Å². The van der Waals surface area contributed by atoms with E-state index in [9.17, 15) is 4.79 Å². The molecule has 1 N–H and O–H groups in total. The van der Waals surface area contributed by atoms with Gasteiger partial charge in [-0.2, -0.15) is 0 Å². The van der Waals surface area contributed by atoms with Gasteiger partial charge in [-0.15, -0.1) is 0 Å². The first-order valence-corrected chi connectivity index (χ1v) is 8.23. The lowest BCUT2D eigenvalue weighted by molar-refractivity contribution is 0.185. The van der Waals surface area contributed by atoms with Gasteiger partial charge in [-0.1, -0.05) is 12.1 Å². The Balaban J connectivity index is 2.09. The number of hydrogen-bond donors (Lipinski definition) is 1. The number of aryl methyl sites for hydroxylation is 1. The van der Waals surface area contributed by atoms with E-state index in [1.54, 1.807) is 11.1 Å². The van der Waals surface area contributed by atoms with Gasteiger partial charge in [-0.3, -0.25) is 9.97 Å². The van der Waals surface area contributed by atoms with E-state index >= 15 is 0 Å². The van der Waals surface area contributed by atoms with Crippen LogP contribution in [-0.4, -0.2) is 33.0 Å². The van der Waals surface area contributed by atoms with Crippen LogP contribution < -0.4 is 5.32 Å². The molecule has 2 heterocycles. The molecule has 0 aliphatic heterocycles. The number of amides is 2. The van der Waals surface area contributed by atoms with Crippen LogP contribution in [0.5, 0.6) is 0 Å². The number of nitrogens with zero attached hydrogens (tertiary/aromatic N) is 3. The summed E-state index contributed by atoms with van der Waals surface area (Å²) in [5.41, 5.74) is 2.54. The zero-order chi connectivity index (χ0) is 17.6. The standard InChI is InChI=1S/C19H26N4O/c1-15-8-7-10-17(21-15)14-23(18(24)22-19(2,3)4)13-11-16-9-5-6-12-20-16/h5-10,12H,11,13-14H2,1-4H3,(H,22,24). The fourth-order valence-corrected chi connectivity index (χ4v) is 2.33. The van der Waals surface area contributed by atoms with Crippen LogP contribution in [0.4, 0.5) is 4.79 Å². The second-order valence-electron chi connectivity index (χ2n) is 6.94. The highest BCUT2D eigenvalue weighted by Crippen LogP contribution is 2.08. The molecule has 0 aliphatic rings. The van der Waals surface area contributed by atoms with Gasteiger partial charge in [0.25, 0.3) is 0 Å². The molecule has 2 aromatic heterocycles. The molecule has 0 saturated heterocycles. The highest BCUT2D eigenvalue weighted by atomic mass is 16.2. The van der Waals surface area contributed by atoms with Gasteiger partial charge in [0.15, 0.2) is 0 Å². The smallest absolute Gasteiger partial charge is 0.318 e. The second-order valence-corrected chi connectivity index (χ2v) is 6.94. The summed E-state index contributed by atoms with van der Waals surface area (Å²) in [4.78, 5) is 23.3. The van der Waals surface area contributed by atoms with Crippen LogP contribution in [0.1, 0.15) is 37.9 Å². The van der Waals surface area contributed by atoms with Gasteiger partial charge in [0, 0.05) is 36.1 Å². The number of pyridine rings is 2. The maximum atomic E-state index is 12.6. The van der Waals surface area contributed by atoms with Gasteiger partial charge in [0.2, 0.25) is 0 Å². The van der Waals surface area contributed by atoms with Gasteiger partial charge in [0.1, 0.15) is 0 Å². The quantitative estimate of drug-likeness (QED) is 0.917. The van der Waals surface area contributed by atoms with E-state index in [2.05, 4.69) is 15.3 Å². The number of hydrogen-bond acceptors (Lipinski definition) is 3. The van der Waals surface area contributed by atoms with Crippen molar-refractivity contribution in [3.05, 3.63) is 59.7 Å². The van der Waals surface area contributed by atoms with E-state index in [1.165, 1.54) is 0 Å². The summed E-state index contributed by atoms with van der Waals surface area (Å²) in [6.07, 6.45) is 2.49. The Kier molecular flexibility index (Phi) is 5.90. The Morgan fingerprint density at radius 3 is 2.50 bits per heavy atom. The molecule has 2 rings (SSSR count). The molecule has 2 aromatic rings. The minimum Gasteiger partial charge on any atom is -0.333 e. The van der Waals surface area contributed by atoms with E-state index in [-0.39, 0.29) is 11.6 Å². The third-order valence-electron chi connectivity index (χ3n) is 3.43. The van der Waals surface area contributed by atoms with Gasteiger partial charge in [-0.05, 0) is 52.0 Å². The molecule has 0 fully saturated rings. The SMILES string of the molecule is Cc1cccc(CN(CCc2ccccn2)C(=O)NC(C)(C)C)n1. The fraction of sp³-hybridized carbons (Fsp3) is 0.421. The minimum absolute atomic E-state index is 0.0817. The third-order valence-corrected chi connectivity index (χ3v) is 3.43. The largest absolute Gasteiger partial charge is 0.333 e. The van der Waals surface area contributed by atoms with E-state index in [4.69, 9.17) is 0 Å². The Morgan fingerprint density at radius 2 is 1.88 bits per heavy atom. The maximum absolute atomic E-state index is 12.6. The number of carbonyl (C=O) groups is 1. The predicted molar refractivity (Wildman–Crippen MR) is 95.6 cm³/mol. The van der Waals surface area contributed by atoms with Crippen molar-refractivity contribution in [1.82, 2.24) is 20.2 Å². The number of aromatic nitrogens is 2. The summed E-state index contributed by atoms with van der Waals surface area (Å²) in [5.74, 6) is 0. The average molecular weight is 326 g/mol. The fourth-order valence-electron chi connectivity index (χ4n) is 2.33. The molecular formula is C19H26N4O. The second kappa shape index (κ2) is 7.90. The number of carbonyl (C=O) groups excluding carboxylic acids is 1. The first kappa shape index (κ1) is 17.9. The molecule has 0 aliphatic carbocycles. The summed E-state index contributed by atoms with van der Waals surface area (Å²) >= 11 is 0. The van der Waals surface area contributed by atoms with Crippen LogP contribution in [0.25, 0.3) is 0 Å². The monoisotopic (exact) mass is 326 g/mol. The van der Waals surface area contributed by atoms with Crippen molar-refractivity contribution in [2.45, 2.75) is 46.2 Å². The molecule has 0 atom stereocenters. The molecule has 0 aromatic carbocycles. The summed E-state index contributed by atoms with van der Waals surface area (Å²) in [6.45, 7) is 8.97. The topological polar surface area (TPSA) is 58.1 Å². The van der Waals surface area contributed by atoms with Crippen molar-refractivity contribution >= 4 is 6.03 Å². The van der Waals surface area contributed by atoms with Gasteiger partial charge in [-0.25, -0.2) is 4.79 Å². The third kappa shape index (κ3) is 5.99. The van der Waals surface area contributed by atoms with E-state index in [1.807, 2.05) is 64.1 Å². The Bertz CT molecular complexity index is 665. The molecule has 0 bridgehead atoms. The van der Waals surface area contributed by atoms with Crippen LogP contribution in [0.2, 0.25) is 0 Å². The van der Waals surface area contributed by atoms with Crippen molar-refractivity contribution in [1.29, 1.82) is 0 Å². The van der Waals surface area contributed by atoms with Crippen LogP contribution in [0, 0.1) is 6.92 Å². The van der Waals surface area contributed by atoms with Gasteiger partial charge >= 0.3 is 6.03 Å². The average Bonchev–Trinajstić information content (AvgIpc) is 2.50. The van der Waals surface area contributed by atoms with Crippen LogP contribution in [0.15, 0.2) is 42.6 Å². The number of rotatable bonds is 5. The molecular weight excluding hydrogens is 300 g/mol. The molecule has 0 saturated carbocycles. The van der Waals surface area contributed by atoms with Gasteiger partial charge < -0.3 is 10.2 Å². The number of urea groups is 1. The molecule has 0 unspecified atom stereocenters. The zero-order valence-electron chi connectivity index (χ0n) is 14.9. The first-order valence-electron chi connectivity index (χ1n) is 8.23. The van der Waals surface area contributed by atoms with Crippen LogP contribution in [0.3, 0.4) is 0 Å². The summed E-state index contributed by atoms with van der Waals surface area (Å²) < 4.78 is 0. The van der Waals surface area contributed by atoms with E-state index < -0.39 is 0 Å². The Hall–Kier alpha value is -2.43. The van der Waals surface area contributed by atoms with Crippen molar-refractivity contribution in [3.8, 4) is 0 Å². The van der Waals surface area contributed by atoms with Crippen LogP contribution >= 0.6 is 0 Å². The van der Waals surface area contributed by atoms with Crippen molar-refractivity contribution in [2.24, 2.45) is 0 Å². The lowest BCUT2D eigenvalue weighted by atomic mass is 10.1. The lowest BCUT2D eigenvalue weighted by Crippen LogP contribution is -2.48. The van der Waals surface area contributed by atoms with E-state index in [0.29, 0.717) is 19.5 Å². The lowest BCUT2D eigenvalue weighted by Gasteiger charge is -2.28. The highest BCUT2D eigenvalue weighted by Gasteiger charge is 2.20. The van der Waals surface area contributed by atoms with Crippen LogP contribution in [-0.2, 0) is 13.0 Å². The highest BCUT2D eigenvalue weighted by molar-refractivity contribution is 5.74. The molecule has 128 valence electrons. The van der Waals surface area contributed by atoms with E-state index in [0.717, 1.165) is 17.1 Å². The maximum Gasteiger partial charge on any atom is 0.318 e. The molecule has 0 radical (unpaired) electrons. The molecule has 0 spiro atoms. The minimum atomic E-state index is -0.277. The predicted octanol–water partition coefficient (Wildman–Crippen LogP) is 3.34. The van der Waals surface area contributed by atoms with Crippen molar-refractivity contribution in [2.75, 3.05) is 6.54 Å². The number of nitrogens with one attached hydrogen (secondary N) is 1.